The van der Waals surface area contributed by atoms with Gasteiger partial charge in [-0.1, -0.05) is 60.1 Å². The highest BCUT2D eigenvalue weighted by atomic mass is 29.9. The molecule has 3 unspecified atom stereocenters. The van der Waals surface area contributed by atoms with Crippen LogP contribution in [0.4, 0.5) is 0 Å². The summed E-state index contributed by atoms with van der Waals surface area (Å²) < 4.78 is 70.2. The van der Waals surface area contributed by atoms with E-state index in [1.165, 1.54) is 0 Å². The van der Waals surface area contributed by atoms with Crippen LogP contribution >= 0.6 is 0 Å². The Balaban J connectivity index is 10.0. The van der Waals surface area contributed by atoms with Crippen molar-refractivity contribution >= 4 is 131 Å². The molecule has 0 saturated carbocycles. The maximum Gasteiger partial charge on any atom is 0.469 e. The lowest BCUT2D eigenvalue weighted by Gasteiger charge is -2.66. The van der Waals surface area contributed by atoms with Crippen molar-refractivity contribution in [2.45, 2.75) is 252 Å². The highest BCUT2D eigenvalue weighted by molar-refractivity contribution is 7.92. The molecule has 0 heterocycles. The van der Waals surface area contributed by atoms with Crippen LogP contribution in [0.3, 0.4) is 0 Å². The van der Waals surface area contributed by atoms with Gasteiger partial charge in [0.25, 0.3) is 0 Å². The molecular weight excluding hydrogens is 1090 g/mol. The van der Waals surface area contributed by atoms with Crippen LogP contribution in [0.5, 0.6) is 0 Å². The zero-order valence-corrected chi connectivity index (χ0v) is 66.7. The van der Waals surface area contributed by atoms with E-state index in [9.17, 15) is 0 Å². The van der Waals surface area contributed by atoms with E-state index in [0.29, 0.717) is 0 Å². The molecule has 0 aromatic heterocycles. The van der Waals surface area contributed by atoms with Gasteiger partial charge in [-0.15, -0.1) is 12.3 Å². The second-order valence-corrected chi connectivity index (χ2v) is 122. The Kier molecular flexibility index (Phi) is 22.8. The monoisotopic (exact) mass is 1200 g/mol. The highest BCUT2D eigenvalue weighted by Gasteiger charge is 2.78. The van der Waals surface area contributed by atoms with Crippen LogP contribution < -0.4 is 0 Å². The molecule has 0 bridgehead atoms. The van der Waals surface area contributed by atoms with E-state index in [-0.39, 0.29) is 15.5 Å². The SMILES string of the molecule is C=C[Si]([Si](C)(C)C(C)[Si](O[Si](C)(C)C)(O[Si](C)(C)C)O[Si](C)(C)C)([Si](C)(C)C(C)[Si](O[Si](C)(C)C)(O[Si](C)(C)C)O[Si](C)(C)C)[Si](C)(C)C(C)[Si](O[Si](C)(C)C)(O[Si](C)(C)C)O[Si](C)(C)C. The molecule has 9 nitrogen and oxygen atoms in total. The zero-order valence-electron chi connectivity index (χ0n) is 50.7. The third kappa shape index (κ3) is 19.2. The van der Waals surface area contributed by atoms with Crippen molar-refractivity contribution in [1.29, 1.82) is 0 Å². The van der Waals surface area contributed by atoms with Crippen LogP contribution in [0, 0.1) is 0 Å². The van der Waals surface area contributed by atoms with Crippen LogP contribution in [-0.2, 0) is 37.0 Å². The van der Waals surface area contributed by atoms with E-state index in [2.05, 4.69) is 243 Å². The molecular formula is C41H114O9Si16. The first-order valence-corrected chi connectivity index (χ1v) is 75.5. The lowest BCUT2D eigenvalue weighted by molar-refractivity contribution is 0.246. The van der Waals surface area contributed by atoms with E-state index in [1.807, 2.05) is 0 Å². The Bertz CT molecular complexity index is 1290. The molecule has 0 spiro atoms. The molecule has 0 aromatic rings. The summed E-state index contributed by atoms with van der Waals surface area (Å²) in [6, 6.07) is 0. The van der Waals surface area contributed by atoms with Crippen molar-refractivity contribution in [2.24, 2.45) is 0 Å². The highest BCUT2D eigenvalue weighted by Crippen LogP contribution is 2.57. The zero-order chi connectivity index (χ0) is 53.8. The maximum absolute atomic E-state index is 7.80. The summed E-state index contributed by atoms with van der Waals surface area (Å²) in [5, 5.41) is 0.229. The fourth-order valence-electron chi connectivity index (χ4n) is 10.5. The first-order valence-electron chi connectivity index (χ1n) is 25.1. The molecule has 0 aliphatic heterocycles. The molecule has 25 heteroatoms. The summed E-state index contributed by atoms with van der Waals surface area (Å²) in [6.45, 7) is 89.4. The van der Waals surface area contributed by atoms with Gasteiger partial charge in [0.05, 0.1) is 6.63 Å². The molecule has 3 atom stereocenters. The van der Waals surface area contributed by atoms with Crippen molar-refractivity contribution in [2.75, 3.05) is 0 Å². The summed E-state index contributed by atoms with van der Waals surface area (Å²) in [5.41, 5.74) is 2.66. The van der Waals surface area contributed by atoms with Gasteiger partial charge in [-0.05, 0) is 177 Å². The number of rotatable bonds is 28. The second kappa shape index (κ2) is 21.8. The van der Waals surface area contributed by atoms with Crippen molar-refractivity contribution in [3.05, 3.63) is 12.3 Å². The molecule has 0 rings (SSSR count). The first-order chi connectivity index (χ1) is 28.1. The Hall–Kier alpha value is 2.85. The maximum atomic E-state index is 7.80. The van der Waals surface area contributed by atoms with Gasteiger partial charge >= 0.3 is 26.4 Å². The van der Waals surface area contributed by atoms with Crippen LogP contribution in [0.15, 0.2) is 12.3 Å². The predicted molar refractivity (Wildman–Crippen MR) is 334 cm³/mol. The normalized spacial score (nSPS) is 18.2. The van der Waals surface area contributed by atoms with Crippen molar-refractivity contribution in [1.82, 2.24) is 0 Å². The lowest BCUT2D eigenvalue weighted by atomic mass is 10.9. The van der Waals surface area contributed by atoms with Gasteiger partial charge in [0.1, 0.15) is 0 Å². The Labute approximate surface area is 428 Å². The minimum Gasteiger partial charge on any atom is -0.417 e. The van der Waals surface area contributed by atoms with Gasteiger partial charge in [0.15, 0.2) is 74.9 Å². The van der Waals surface area contributed by atoms with Gasteiger partial charge in [0, 0.05) is 38.3 Å². The average Bonchev–Trinajstić information content (AvgIpc) is 2.91. The molecule has 0 aromatic carbocycles. The molecule has 396 valence electrons. The van der Waals surface area contributed by atoms with Gasteiger partial charge in [-0.25, -0.2) is 0 Å². The summed E-state index contributed by atoms with van der Waals surface area (Å²) in [5.74, 6) is 0. The largest absolute Gasteiger partial charge is 0.469 e. The molecule has 0 fully saturated rings. The van der Waals surface area contributed by atoms with Crippen LogP contribution in [0.1, 0.15) is 20.8 Å². The van der Waals surface area contributed by atoms with Crippen LogP contribution in [0.2, 0.25) is 232 Å². The molecule has 66 heavy (non-hydrogen) atoms. The van der Waals surface area contributed by atoms with E-state index in [0.717, 1.165) is 0 Å². The molecule has 0 aliphatic carbocycles. The molecule has 0 radical (unpaired) electrons. The van der Waals surface area contributed by atoms with Crippen molar-refractivity contribution in [3.8, 4) is 0 Å². The summed E-state index contributed by atoms with van der Waals surface area (Å²) in [4.78, 5) is 0. The van der Waals surface area contributed by atoms with Crippen LogP contribution in [0.25, 0.3) is 0 Å². The molecule has 0 N–H and O–H groups in total. The number of hydrogen-bond acceptors (Lipinski definition) is 9. The Morgan fingerprint density at radius 1 is 0.242 bits per heavy atom. The van der Waals surface area contributed by atoms with Crippen LogP contribution in [-0.4, -0.2) is 131 Å². The Morgan fingerprint density at radius 3 is 0.424 bits per heavy atom. The number of hydrogen-bond donors (Lipinski definition) is 0. The standard InChI is InChI=1S/C41H114O9Si16/c1-38-63(60(32,33)39(2)64(42-51(5,6)7,43-52(8,9)10)44-53(11,12)13,61(34,35)40(3)65(45-54(14,15)16,46-55(17,18)19)47-56(20,21)22)62(36,37)41(4)66(48-57(23,24)25,49-58(26,27)28)50-59(29,30)31/h38-41H,1H2,2-37H3. The molecule has 0 saturated heterocycles. The summed E-state index contributed by atoms with van der Waals surface area (Å²) in [7, 11) is -38.9. The van der Waals surface area contributed by atoms with Gasteiger partial charge in [0.2, 0.25) is 0 Å². The minimum absolute atomic E-state index is 0.0763. The smallest absolute Gasteiger partial charge is 0.417 e. The minimum atomic E-state index is -3.46. The fourth-order valence-corrected chi connectivity index (χ4v) is 177. The third-order valence-electron chi connectivity index (χ3n) is 12.2. The lowest BCUT2D eigenvalue weighted by Crippen LogP contribution is -2.91. The Morgan fingerprint density at radius 2 is 0.348 bits per heavy atom. The quantitative estimate of drug-likeness (QED) is 0.0712. The van der Waals surface area contributed by atoms with E-state index < -0.39 is 131 Å². The van der Waals surface area contributed by atoms with E-state index in [4.69, 9.17) is 43.6 Å². The molecule has 0 amide bonds. The summed E-state index contributed by atoms with van der Waals surface area (Å²) >= 11 is 0. The van der Waals surface area contributed by atoms with Gasteiger partial charge < -0.3 is 37.0 Å². The summed E-state index contributed by atoms with van der Waals surface area (Å²) in [6.07, 6.45) is 0. The molecule has 0 aliphatic rings. The topological polar surface area (TPSA) is 83.1 Å². The predicted octanol–water partition coefficient (Wildman–Crippen LogP) is 15.8. The van der Waals surface area contributed by atoms with E-state index >= 15 is 0 Å². The van der Waals surface area contributed by atoms with E-state index in [1.54, 1.807) is 0 Å². The first kappa shape index (κ1) is 68.9. The van der Waals surface area contributed by atoms with Crippen molar-refractivity contribution < 1.29 is 37.0 Å². The van der Waals surface area contributed by atoms with Gasteiger partial charge in [-0.3, -0.25) is 0 Å². The second-order valence-electron chi connectivity index (χ2n) is 30.1. The van der Waals surface area contributed by atoms with Gasteiger partial charge in [-0.2, -0.15) is 0 Å². The average molecular weight is 1200 g/mol. The fraction of sp³-hybridized carbons (Fsp3) is 0.951. The third-order valence-corrected chi connectivity index (χ3v) is 132. The van der Waals surface area contributed by atoms with Crippen molar-refractivity contribution in [3.63, 3.8) is 0 Å².